The van der Waals surface area contributed by atoms with Crippen molar-refractivity contribution in [1.29, 1.82) is 0 Å². The van der Waals surface area contributed by atoms with Crippen molar-refractivity contribution in [3.05, 3.63) is 10.4 Å². The largest absolute Gasteiger partial charge is 0.375 e. The fourth-order valence-corrected chi connectivity index (χ4v) is 2.54. The molecule has 2 rings (SSSR count). The molecule has 4 heteroatoms. The first kappa shape index (κ1) is 8.85. The second-order valence-electron chi connectivity index (χ2n) is 4.09. The van der Waals surface area contributed by atoms with E-state index in [1.807, 2.05) is 0 Å². The summed E-state index contributed by atoms with van der Waals surface area (Å²) in [5.41, 5.74) is 8.45. The van der Waals surface area contributed by atoms with Gasteiger partial charge in [-0.3, -0.25) is 0 Å². The third-order valence-corrected chi connectivity index (χ3v) is 3.20. The van der Waals surface area contributed by atoms with Crippen LogP contribution in [0.15, 0.2) is 5.11 Å². The zero-order chi connectivity index (χ0) is 9.15. The maximum Gasteiger partial charge on any atom is 0.0686 e. The van der Waals surface area contributed by atoms with Gasteiger partial charge in [-0.1, -0.05) is 18.0 Å². The fraction of sp³-hybridized carbons (Fsp3) is 1.00. The average Bonchev–Trinajstić information content (AvgIpc) is 2.54. The molecule has 72 valence electrons. The van der Waals surface area contributed by atoms with Crippen LogP contribution in [0.5, 0.6) is 0 Å². The van der Waals surface area contributed by atoms with Gasteiger partial charge in [-0.15, -0.1) is 0 Å². The Balaban J connectivity index is 2.02. The molecule has 4 nitrogen and oxygen atoms in total. The highest BCUT2D eigenvalue weighted by Crippen LogP contribution is 2.40. The van der Waals surface area contributed by atoms with Crippen molar-refractivity contribution in [1.82, 2.24) is 0 Å². The second kappa shape index (κ2) is 3.56. The van der Waals surface area contributed by atoms with Gasteiger partial charge in [0.15, 0.2) is 0 Å². The zero-order valence-electron chi connectivity index (χ0n) is 7.78. The van der Waals surface area contributed by atoms with Gasteiger partial charge in [-0.2, -0.15) is 0 Å². The van der Waals surface area contributed by atoms with E-state index in [-0.39, 0.29) is 11.6 Å². The van der Waals surface area contributed by atoms with Crippen LogP contribution in [-0.2, 0) is 4.74 Å². The van der Waals surface area contributed by atoms with Crippen molar-refractivity contribution in [2.45, 2.75) is 50.2 Å². The van der Waals surface area contributed by atoms with E-state index in [0.717, 1.165) is 32.3 Å². The maximum atomic E-state index is 8.37. The van der Waals surface area contributed by atoms with Crippen LogP contribution in [0.4, 0.5) is 0 Å². The van der Waals surface area contributed by atoms with Crippen LogP contribution in [0.25, 0.3) is 10.4 Å². The quantitative estimate of drug-likeness (QED) is 0.348. The van der Waals surface area contributed by atoms with Crippen LogP contribution in [0.1, 0.15) is 38.5 Å². The summed E-state index contributed by atoms with van der Waals surface area (Å²) < 4.78 is 5.82. The summed E-state index contributed by atoms with van der Waals surface area (Å²) in [6, 6.07) is 0.178. The highest BCUT2D eigenvalue weighted by Gasteiger charge is 2.39. The number of ether oxygens (including phenoxy) is 1. The normalized spacial score (nSPS) is 31.5. The molecule has 1 aliphatic heterocycles. The Kier molecular flexibility index (Phi) is 2.42. The minimum absolute atomic E-state index is 0.0805. The highest BCUT2D eigenvalue weighted by molar-refractivity contribution is 4.93. The first-order chi connectivity index (χ1) is 6.35. The van der Waals surface area contributed by atoms with Crippen LogP contribution in [-0.4, -0.2) is 18.2 Å². The first-order valence-electron chi connectivity index (χ1n) is 5.03. The molecule has 1 unspecified atom stereocenters. The molecule has 2 aliphatic rings. The minimum Gasteiger partial charge on any atom is -0.375 e. The molecular weight excluding hydrogens is 166 g/mol. The Hall–Kier alpha value is -0.730. The summed E-state index contributed by atoms with van der Waals surface area (Å²) in [6.45, 7) is 0.768. The summed E-state index contributed by atoms with van der Waals surface area (Å²) in [4.78, 5) is 2.88. The van der Waals surface area contributed by atoms with E-state index in [9.17, 15) is 0 Å². The van der Waals surface area contributed by atoms with E-state index in [0.29, 0.717) is 0 Å². The first-order valence-corrected chi connectivity index (χ1v) is 5.03. The standard InChI is InChI=1S/C9H15N3O/c10-12-11-8-3-6-13-9(7-8)4-1-2-5-9/h8H,1-7H2. The molecule has 1 spiro atoms. The van der Waals surface area contributed by atoms with E-state index >= 15 is 0 Å². The minimum atomic E-state index is 0.0805. The third kappa shape index (κ3) is 1.79. The van der Waals surface area contributed by atoms with Crippen molar-refractivity contribution in [3.63, 3.8) is 0 Å². The van der Waals surface area contributed by atoms with Gasteiger partial charge in [-0.05, 0) is 31.2 Å². The Morgan fingerprint density at radius 3 is 2.85 bits per heavy atom. The van der Waals surface area contributed by atoms with Crippen LogP contribution < -0.4 is 0 Å². The predicted octanol–water partition coefficient (Wildman–Crippen LogP) is 2.79. The molecule has 0 aromatic carbocycles. The van der Waals surface area contributed by atoms with E-state index in [4.69, 9.17) is 10.3 Å². The van der Waals surface area contributed by atoms with E-state index in [2.05, 4.69) is 10.0 Å². The van der Waals surface area contributed by atoms with Gasteiger partial charge in [0, 0.05) is 17.6 Å². The lowest BCUT2D eigenvalue weighted by molar-refractivity contribution is -0.0790. The molecule has 2 fully saturated rings. The van der Waals surface area contributed by atoms with Gasteiger partial charge < -0.3 is 4.74 Å². The molecule has 0 N–H and O–H groups in total. The van der Waals surface area contributed by atoms with Crippen molar-refractivity contribution < 1.29 is 4.74 Å². The molecule has 0 bridgehead atoms. The van der Waals surface area contributed by atoms with E-state index in [1.165, 1.54) is 12.8 Å². The lowest BCUT2D eigenvalue weighted by Gasteiger charge is -2.36. The predicted molar refractivity (Wildman–Crippen MR) is 49.3 cm³/mol. The molecule has 0 aromatic rings. The third-order valence-electron chi connectivity index (χ3n) is 3.20. The lowest BCUT2D eigenvalue weighted by atomic mass is 9.89. The Morgan fingerprint density at radius 1 is 1.38 bits per heavy atom. The number of azide groups is 1. The highest BCUT2D eigenvalue weighted by atomic mass is 16.5. The second-order valence-corrected chi connectivity index (χ2v) is 4.09. The van der Waals surface area contributed by atoms with E-state index < -0.39 is 0 Å². The van der Waals surface area contributed by atoms with Crippen molar-refractivity contribution in [2.24, 2.45) is 5.11 Å². The topological polar surface area (TPSA) is 58.0 Å². The number of hydrogen-bond donors (Lipinski definition) is 0. The molecule has 1 saturated heterocycles. The van der Waals surface area contributed by atoms with Crippen molar-refractivity contribution in [3.8, 4) is 0 Å². The molecule has 1 aliphatic carbocycles. The molecular formula is C9H15N3O. The van der Waals surface area contributed by atoms with Crippen LogP contribution in [0.3, 0.4) is 0 Å². The number of rotatable bonds is 1. The molecule has 0 amide bonds. The molecule has 1 atom stereocenters. The van der Waals surface area contributed by atoms with Crippen molar-refractivity contribution in [2.75, 3.05) is 6.61 Å². The Labute approximate surface area is 77.9 Å². The number of hydrogen-bond acceptors (Lipinski definition) is 2. The zero-order valence-corrected chi connectivity index (χ0v) is 7.78. The average molecular weight is 181 g/mol. The lowest BCUT2D eigenvalue weighted by Crippen LogP contribution is -2.38. The van der Waals surface area contributed by atoms with Gasteiger partial charge in [0.2, 0.25) is 0 Å². The van der Waals surface area contributed by atoms with Crippen molar-refractivity contribution >= 4 is 0 Å². The van der Waals surface area contributed by atoms with Gasteiger partial charge >= 0.3 is 0 Å². The summed E-state index contributed by atoms with van der Waals surface area (Å²) >= 11 is 0. The van der Waals surface area contributed by atoms with Crippen LogP contribution >= 0.6 is 0 Å². The van der Waals surface area contributed by atoms with Gasteiger partial charge in [0.05, 0.1) is 5.60 Å². The van der Waals surface area contributed by atoms with E-state index in [1.54, 1.807) is 0 Å². The Bertz CT molecular complexity index is 229. The molecule has 0 radical (unpaired) electrons. The van der Waals surface area contributed by atoms with Crippen LogP contribution in [0, 0.1) is 0 Å². The SMILES string of the molecule is [N-]=[N+]=NC1CCOC2(CCCC2)C1. The smallest absolute Gasteiger partial charge is 0.0686 e. The number of nitrogens with zero attached hydrogens (tertiary/aromatic N) is 3. The fourth-order valence-electron chi connectivity index (χ4n) is 2.54. The summed E-state index contributed by atoms with van der Waals surface area (Å²) in [6.07, 6.45) is 6.68. The molecule has 0 aromatic heterocycles. The van der Waals surface area contributed by atoms with Gasteiger partial charge in [0.25, 0.3) is 0 Å². The van der Waals surface area contributed by atoms with Crippen LogP contribution in [0.2, 0.25) is 0 Å². The maximum absolute atomic E-state index is 8.37. The Morgan fingerprint density at radius 2 is 2.15 bits per heavy atom. The van der Waals surface area contributed by atoms with Gasteiger partial charge in [-0.25, -0.2) is 0 Å². The summed E-state index contributed by atoms with van der Waals surface area (Å²) in [5.74, 6) is 0. The monoisotopic (exact) mass is 181 g/mol. The summed E-state index contributed by atoms with van der Waals surface area (Å²) in [7, 11) is 0. The summed E-state index contributed by atoms with van der Waals surface area (Å²) in [5, 5.41) is 3.80. The molecule has 1 heterocycles. The molecule has 13 heavy (non-hydrogen) atoms. The van der Waals surface area contributed by atoms with Gasteiger partial charge in [0.1, 0.15) is 0 Å². The molecule has 1 saturated carbocycles.